The molecule has 0 aliphatic rings. The molecule has 3 aromatic heterocycles. The van der Waals surface area contributed by atoms with Gasteiger partial charge in [0.2, 0.25) is 0 Å². The Hall–Kier alpha value is -2.80. The lowest BCUT2D eigenvalue weighted by atomic mass is 10.2. The summed E-state index contributed by atoms with van der Waals surface area (Å²) in [5.41, 5.74) is 7.41. The van der Waals surface area contributed by atoms with Gasteiger partial charge in [0.25, 0.3) is 5.95 Å². The van der Waals surface area contributed by atoms with E-state index in [2.05, 4.69) is 49.7 Å². The summed E-state index contributed by atoms with van der Waals surface area (Å²) in [6.07, 6.45) is 0. The predicted octanol–water partition coefficient (Wildman–Crippen LogP) is 3.71. The second-order valence-electron chi connectivity index (χ2n) is 5.29. The van der Waals surface area contributed by atoms with E-state index in [0.717, 1.165) is 27.0 Å². The van der Waals surface area contributed by atoms with Crippen LogP contribution in [0.2, 0.25) is 0 Å². The highest BCUT2D eigenvalue weighted by molar-refractivity contribution is 7.12. The molecule has 0 spiro atoms. The normalized spacial score (nSPS) is 12.2. The minimum absolute atomic E-state index is 0.372. The first kappa shape index (κ1) is 13.8. The number of hydrogen-bond donors (Lipinski definition) is 2. The molecule has 0 atom stereocenters. The van der Waals surface area contributed by atoms with Gasteiger partial charge in [-0.05, 0) is 37.4 Å². The lowest BCUT2D eigenvalue weighted by molar-refractivity contribution is 1.01. The summed E-state index contributed by atoms with van der Waals surface area (Å²) in [7, 11) is 0. The van der Waals surface area contributed by atoms with Crippen LogP contribution in [0.1, 0.15) is 17.4 Å². The van der Waals surface area contributed by atoms with Gasteiger partial charge < -0.3 is 4.98 Å². The Morgan fingerprint density at radius 2 is 2.17 bits per heavy atom. The van der Waals surface area contributed by atoms with Gasteiger partial charge >= 0.3 is 0 Å². The van der Waals surface area contributed by atoms with Crippen LogP contribution in [0.15, 0.2) is 40.8 Å². The Bertz CT molecular complexity index is 1020. The topological polar surface area (TPSA) is 78.8 Å². The first-order valence-electron chi connectivity index (χ1n) is 7.17. The van der Waals surface area contributed by atoms with Crippen LogP contribution in [0.3, 0.4) is 0 Å². The number of rotatable bonds is 3. The molecule has 0 unspecified atom stereocenters. The molecule has 7 heteroatoms. The van der Waals surface area contributed by atoms with E-state index in [0.29, 0.717) is 11.6 Å². The zero-order chi connectivity index (χ0) is 15.8. The molecule has 3 heterocycles. The van der Waals surface area contributed by atoms with Crippen molar-refractivity contribution >= 4 is 45.1 Å². The van der Waals surface area contributed by atoms with Gasteiger partial charge in [-0.15, -0.1) is 21.5 Å². The van der Waals surface area contributed by atoms with Gasteiger partial charge in [-0.2, -0.15) is 10.1 Å². The highest BCUT2D eigenvalue weighted by atomic mass is 32.1. The third-order valence-electron chi connectivity index (χ3n) is 3.57. The van der Waals surface area contributed by atoms with Gasteiger partial charge in [0.15, 0.2) is 5.65 Å². The molecule has 0 amide bonds. The van der Waals surface area contributed by atoms with Crippen LogP contribution in [0.25, 0.3) is 22.1 Å². The number of nitrogens with one attached hydrogen (secondary N) is 2. The van der Waals surface area contributed by atoms with E-state index < -0.39 is 0 Å². The van der Waals surface area contributed by atoms with Crippen molar-refractivity contribution in [1.29, 1.82) is 0 Å². The summed E-state index contributed by atoms with van der Waals surface area (Å²) in [5.74, 6) is 0.372. The maximum absolute atomic E-state index is 4.45. The number of hydrogen-bond acceptors (Lipinski definition) is 6. The molecule has 2 N–H and O–H groups in total. The third-order valence-corrected chi connectivity index (χ3v) is 4.55. The zero-order valence-electron chi connectivity index (χ0n) is 12.7. The fraction of sp³-hybridized carbons (Fsp3) is 0.125. The average molecular weight is 322 g/mol. The number of H-pyrrole nitrogens is 1. The minimum Gasteiger partial charge on any atom is -0.338 e. The lowest BCUT2D eigenvalue weighted by Crippen LogP contribution is -2.02. The van der Waals surface area contributed by atoms with Crippen LogP contribution in [0.4, 0.5) is 5.95 Å². The van der Waals surface area contributed by atoms with Crippen LogP contribution in [-0.4, -0.2) is 25.9 Å². The van der Waals surface area contributed by atoms with Crippen molar-refractivity contribution in [2.24, 2.45) is 5.10 Å². The molecule has 0 aliphatic heterocycles. The van der Waals surface area contributed by atoms with Crippen molar-refractivity contribution in [1.82, 2.24) is 20.2 Å². The van der Waals surface area contributed by atoms with Crippen molar-refractivity contribution < 1.29 is 0 Å². The number of anilines is 1. The number of hydrazone groups is 1. The molecule has 6 nitrogen and oxygen atoms in total. The molecule has 0 radical (unpaired) electrons. The van der Waals surface area contributed by atoms with E-state index in [1.807, 2.05) is 30.5 Å². The fourth-order valence-electron chi connectivity index (χ4n) is 2.41. The second kappa shape index (κ2) is 5.44. The van der Waals surface area contributed by atoms with E-state index in [9.17, 15) is 0 Å². The maximum atomic E-state index is 4.45. The molecule has 0 aliphatic carbocycles. The molecule has 1 aromatic carbocycles. The standard InChI is InChI=1S/C16H14N6S/c1-9-5-6-12-11(8-9)14-15(17-12)18-16(22-20-14)21-19-10(2)13-4-3-7-23-13/h3-8H,1-2H3,(H2,17,18,21,22)/b19-10-. The largest absolute Gasteiger partial charge is 0.338 e. The van der Waals surface area contributed by atoms with Crippen molar-refractivity contribution in [3.63, 3.8) is 0 Å². The van der Waals surface area contributed by atoms with Gasteiger partial charge in [0, 0.05) is 15.8 Å². The molecule has 0 bridgehead atoms. The van der Waals surface area contributed by atoms with Gasteiger partial charge in [-0.1, -0.05) is 17.7 Å². The van der Waals surface area contributed by atoms with Crippen molar-refractivity contribution in [2.75, 3.05) is 5.43 Å². The number of fused-ring (bicyclic) bond motifs is 3. The summed E-state index contributed by atoms with van der Waals surface area (Å²) >= 11 is 1.64. The molecular weight excluding hydrogens is 308 g/mol. The van der Waals surface area contributed by atoms with E-state index in [4.69, 9.17) is 0 Å². The Morgan fingerprint density at radius 3 is 3.00 bits per heavy atom. The molecule has 23 heavy (non-hydrogen) atoms. The Balaban J connectivity index is 1.69. The van der Waals surface area contributed by atoms with Crippen molar-refractivity contribution in [2.45, 2.75) is 13.8 Å². The lowest BCUT2D eigenvalue weighted by Gasteiger charge is -1.99. The number of nitrogens with zero attached hydrogens (tertiary/aromatic N) is 4. The average Bonchev–Trinajstić information content (AvgIpc) is 3.19. The molecule has 0 fully saturated rings. The Kier molecular flexibility index (Phi) is 3.27. The van der Waals surface area contributed by atoms with E-state index >= 15 is 0 Å². The van der Waals surface area contributed by atoms with Gasteiger partial charge in [0.05, 0.1) is 5.71 Å². The fourth-order valence-corrected chi connectivity index (χ4v) is 3.08. The summed E-state index contributed by atoms with van der Waals surface area (Å²) in [6.45, 7) is 3.99. The monoisotopic (exact) mass is 322 g/mol. The number of aryl methyl sites for hydroxylation is 1. The van der Waals surface area contributed by atoms with Gasteiger partial charge in [-0.3, -0.25) is 0 Å². The van der Waals surface area contributed by atoms with E-state index in [1.54, 1.807) is 11.3 Å². The van der Waals surface area contributed by atoms with Gasteiger partial charge in [-0.25, -0.2) is 5.43 Å². The SMILES string of the molecule is C/C(=N/Nc1nnc2c(n1)[nH]c1ccc(C)cc12)c1cccs1. The summed E-state index contributed by atoms with van der Waals surface area (Å²) in [5, 5.41) is 15.8. The van der Waals surface area contributed by atoms with E-state index in [-0.39, 0.29) is 0 Å². The van der Waals surface area contributed by atoms with Crippen molar-refractivity contribution in [3.8, 4) is 0 Å². The predicted molar refractivity (Wildman–Crippen MR) is 94.1 cm³/mol. The molecular formula is C16H14N6S. The van der Waals surface area contributed by atoms with Crippen LogP contribution >= 0.6 is 11.3 Å². The molecule has 4 aromatic rings. The summed E-state index contributed by atoms with van der Waals surface area (Å²) < 4.78 is 0. The zero-order valence-corrected chi connectivity index (χ0v) is 13.5. The molecule has 0 saturated heterocycles. The van der Waals surface area contributed by atoms with Crippen molar-refractivity contribution in [3.05, 3.63) is 46.2 Å². The maximum Gasteiger partial charge on any atom is 0.265 e. The third kappa shape index (κ3) is 2.55. The summed E-state index contributed by atoms with van der Waals surface area (Å²) in [4.78, 5) is 8.82. The smallest absolute Gasteiger partial charge is 0.265 e. The number of aromatic nitrogens is 4. The Labute approximate surface area is 136 Å². The summed E-state index contributed by atoms with van der Waals surface area (Å²) in [6, 6.07) is 10.2. The molecule has 0 saturated carbocycles. The van der Waals surface area contributed by atoms with Crippen LogP contribution < -0.4 is 5.43 Å². The van der Waals surface area contributed by atoms with Gasteiger partial charge in [0.1, 0.15) is 5.52 Å². The van der Waals surface area contributed by atoms with Crippen LogP contribution in [0.5, 0.6) is 0 Å². The molecule has 114 valence electrons. The number of benzene rings is 1. The first-order chi connectivity index (χ1) is 11.2. The highest BCUT2D eigenvalue weighted by Crippen LogP contribution is 2.23. The number of aromatic amines is 1. The quantitative estimate of drug-likeness (QED) is 0.445. The van der Waals surface area contributed by atoms with Crippen LogP contribution in [-0.2, 0) is 0 Å². The second-order valence-corrected chi connectivity index (χ2v) is 6.24. The van der Waals surface area contributed by atoms with E-state index in [1.165, 1.54) is 5.56 Å². The minimum atomic E-state index is 0.372. The van der Waals surface area contributed by atoms with Crippen LogP contribution in [0, 0.1) is 6.92 Å². The number of thiophene rings is 1. The highest BCUT2D eigenvalue weighted by Gasteiger charge is 2.09. The molecule has 4 rings (SSSR count). The Morgan fingerprint density at radius 1 is 1.26 bits per heavy atom. The first-order valence-corrected chi connectivity index (χ1v) is 8.05.